The first-order valence-electron chi connectivity index (χ1n) is 7.19. The van der Waals surface area contributed by atoms with Crippen LogP contribution < -0.4 is 0 Å². The third-order valence-electron chi connectivity index (χ3n) is 3.68. The van der Waals surface area contributed by atoms with Crippen LogP contribution in [0.4, 0.5) is 0 Å². The second kappa shape index (κ2) is 6.46. The molecule has 3 rings (SSSR count). The zero-order chi connectivity index (χ0) is 15.5. The van der Waals surface area contributed by atoms with Crippen LogP contribution in [0.25, 0.3) is 5.69 Å². The summed E-state index contributed by atoms with van der Waals surface area (Å²) < 4.78 is 1.65. The molecule has 1 aromatic heterocycles. The molecule has 0 aliphatic heterocycles. The molecule has 0 unspecified atom stereocenters. The van der Waals surface area contributed by atoms with Crippen LogP contribution in [0.1, 0.15) is 18.4 Å². The number of aliphatic carboxylic acids is 1. The van der Waals surface area contributed by atoms with Gasteiger partial charge in [0, 0.05) is 18.1 Å². The van der Waals surface area contributed by atoms with Crippen molar-refractivity contribution in [3.63, 3.8) is 0 Å². The second-order valence-electron chi connectivity index (χ2n) is 5.62. The predicted molar refractivity (Wildman–Crippen MR) is 82.0 cm³/mol. The number of carbonyl (C=O) groups is 1. The number of rotatable bonds is 7. The molecule has 6 nitrogen and oxygen atoms in total. The first kappa shape index (κ1) is 15.0. The summed E-state index contributed by atoms with van der Waals surface area (Å²) in [5.41, 5.74) is 1.81. The highest BCUT2D eigenvalue weighted by atomic mass is 35.5. The van der Waals surface area contributed by atoms with Crippen molar-refractivity contribution in [1.29, 1.82) is 0 Å². The summed E-state index contributed by atoms with van der Waals surface area (Å²) in [6.45, 7) is 1.40. The van der Waals surface area contributed by atoms with Crippen molar-refractivity contribution < 1.29 is 9.90 Å². The van der Waals surface area contributed by atoms with Crippen LogP contribution in [-0.4, -0.2) is 43.8 Å². The van der Waals surface area contributed by atoms with Gasteiger partial charge in [-0.05, 0) is 36.5 Å². The van der Waals surface area contributed by atoms with Crippen molar-refractivity contribution in [2.24, 2.45) is 5.92 Å². The molecular weight excluding hydrogens is 304 g/mol. The van der Waals surface area contributed by atoms with E-state index >= 15 is 0 Å². The topological polar surface area (TPSA) is 71.2 Å². The molecule has 22 heavy (non-hydrogen) atoms. The molecule has 1 aliphatic carbocycles. The quantitative estimate of drug-likeness (QED) is 0.847. The first-order chi connectivity index (χ1) is 10.6. The van der Waals surface area contributed by atoms with Crippen molar-refractivity contribution in [2.75, 3.05) is 13.1 Å². The van der Waals surface area contributed by atoms with Crippen LogP contribution in [0.15, 0.2) is 30.9 Å². The van der Waals surface area contributed by atoms with Crippen LogP contribution >= 0.6 is 11.6 Å². The third-order valence-corrected chi connectivity index (χ3v) is 3.91. The molecular formula is C15H17ClN4O2. The van der Waals surface area contributed by atoms with Gasteiger partial charge in [0.15, 0.2) is 0 Å². The van der Waals surface area contributed by atoms with E-state index in [1.54, 1.807) is 11.0 Å². The Balaban J connectivity index is 1.84. The van der Waals surface area contributed by atoms with E-state index in [4.69, 9.17) is 16.7 Å². The summed E-state index contributed by atoms with van der Waals surface area (Å²) in [7, 11) is 0. The molecule has 0 spiro atoms. The molecule has 1 saturated carbocycles. The molecule has 1 heterocycles. The SMILES string of the molecule is O=C(O)CN(Cc1ccc(Cl)cc1-n1cncn1)CC1CC1. The number of aromatic nitrogens is 3. The minimum absolute atomic E-state index is 0.0376. The summed E-state index contributed by atoms with van der Waals surface area (Å²) in [6, 6.07) is 5.55. The maximum absolute atomic E-state index is 11.1. The number of halogens is 1. The highest BCUT2D eigenvalue weighted by molar-refractivity contribution is 6.30. The van der Waals surface area contributed by atoms with Crippen LogP contribution in [0.5, 0.6) is 0 Å². The van der Waals surface area contributed by atoms with Crippen LogP contribution in [0, 0.1) is 5.92 Å². The molecule has 7 heteroatoms. The van der Waals surface area contributed by atoms with Crippen LogP contribution in [0.3, 0.4) is 0 Å². The molecule has 0 atom stereocenters. The van der Waals surface area contributed by atoms with Gasteiger partial charge in [-0.2, -0.15) is 5.10 Å². The summed E-state index contributed by atoms with van der Waals surface area (Å²) in [5.74, 6) is -0.182. The lowest BCUT2D eigenvalue weighted by molar-refractivity contribution is -0.138. The lowest BCUT2D eigenvalue weighted by Crippen LogP contribution is -2.31. The number of benzene rings is 1. The highest BCUT2D eigenvalue weighted by Gasteiger charge is 2.25. The Kier molecular flexibility index (Phi) is 4.40. The van der Waals surface area contributed by atoms with E-state index in [2.05, 4.69) is 10.1 Å². The van der Waals surface area contributed by atoms with Gasteiger partial charge < -0.3 is 5.11 Å². The average Bonchev–Trinajstić information content (AvgIpc) is 3.11. The molecule has 1 aromatic carbocycles. The fraction of sp³-hybridized carbons (Fsp3) is 0.400. The van der Waals surface area contributed by atoms with Gasteiger partial charge in [0.1, 0.15) is 12.7 Å². The van der Waals surface area contributed by atoms with E-state index in [9.17, 15) is 4.79 Å². The Hall–Kier alpha value is -1.92. The maximum Gasteiger partial charge on any atom is 0.317 e. The summed E-state index contributed by atoms with van der Waals surface area (Å²) in [5, 5.41) is 13.9. The van der Waals surface area contributed by atoms with Crippen LogP contribution in [-0.2, 0) is 11.3 Å². The fourth-order valence-corrected chi connectivity index (χ4v) is 2.67. The molecule has 1 fully saturated rings. The smallest absolute Gasteiger partial charge is 0.317 e. The molecule has 2 aromatic rings. The Morgan fingerprint density at radius 2 is 2.27 bits per heavy atom. The first-order valence-corrected chi connectivity index (χ1v) is 7.57. The Morgan fingerprint density at radius 3 is 2.91 bits per heavy atom. The molecule has 0 bridgehead atoms. The normalized spacial score (nSPS) is 14.5. The van der Waals surface area contributed by atoms with Crippen molar-refractivity contribution in [3.8, 4) is 5.69 Å². The largest absolute Gasteiger partial charge is 0.480 e. The lowest BCUT2D eigenvalue weighted by atomic mass is 10.1. The van der Waals surface area contributed by atoms with Crippen molar-refractivity contribution >= 4 is 17.6 Å². The van der Waals surface area contributed by atoms with Gasteiger partial charge in [-0.25, -0.2) is 9.67 Å². The summed E-state index contributed by atoms with van der Waals surface area (Å²) in [6.07, 6.45) is 5.45. The second-order valence-corrected chi connectivity index (χ2v) is 6.06. The average molecular weight is 321 g/mol. The van der Waals surface area contributed by atoms with Gasteiger partial charge in [-0.1, -0.05) is 17.7 Å². The van der Waals surface area contributed by atoms with Gasteiger partial charge in [-0.15, -0.1) is 0 Å². The van der Waals surface area contributed by atoms with Gasteiger partial charge in [0.25, 0.3) is 0 Å². The van der Waals surface area contributed by atoms with Crippen molar-refractivity contribution in [2.45, 2.75) is 19.4 Å². The summed E-state index contributed by atoms with van der Waals surface area (Å²) >= 11 is 6.08. The van der Waals surface area contributed by atoms with E-state index in [0.29, 0.717) is 17.5 Å². The van der Waals surface area contributed by atoms with Gasteiger partial charge in [0.2, 0.25) is 0 Å². The maximum atomic E-state index is 11.1. The molecule has 0 amide bonds. The Labute approximate surface area is 133 Å². The number of carboxylic acids is 1. The molecule has 0 radical (unpaired) electrons. The fourth-order valence-electron chi connectivity index (χ4n) is 2.50. The van der Waals surface area contributed by atoms with E-state index in [1.165, 1.54) is 19.2 Å². The number of carboxylic acid groups (broad SMARTS) is 1. The van der Waals surface area contributed by atoms with Crippen molar-refractivity contribution in [3.05, 3.63) is 41.4 Å². The Morgan fingerprint density at radius 1 is 1.45 bits per heavy atom. The number of hydrogen-bond acceptors (Lipinski definition) is 4. The minimum Gasteiger partial charge on any atom is -0.480 e. The Bertz CT molecular complexity index is 656. The third kappa shape index (κ3) is 3.84. The van der Waals surface area contributed by atoms with E-state index in [1.807, 2.05) is 23.1 Å². The molecule has 116 valence electrons. The van der Waals surface area contributed by atoms with Gasteiger partial charge in [-0.3, -0.25) is 9.69 Å². The van der Waals surface area contributed by atoms with Crippen molar-refractivity contribution in [1.82, 2.24) is 19.7 Å². The number of nitrogens with zero attached hydrogens (tertiary/aromatic N) is 4. The lowest BCUT2D eigenvalue weighted by Gasteiger charge is -2.21. The zero-order valence-electron chi connectivity index (χ0n) is 12.0. The van der Waals surface area contributed by atoms with Gasteiger partial charge in [0.05, 0.1) is 12.2 Å². The summed E-state index contributed by atoms with van der Waals surface area (Å²) in [4.78, 5) is 17.0. The van der Waals surface area contributed by atoms with E-state index in [-0.39, 0.29) is 6.54 Å². The predicted octanol–water partition coefficient (Wildman–Crippen LogP) is 2.22. The van der Waals surface area contributed by atoms with E-state index < -0.39 is 5.97 Å². The minimum atomic E-state index is -0.808. The zero-order valence-corrected chi connectivity index (χ0v) is 12.8. The van der Waals surface area contributed by atoms with Crippen LogP contribution in [0.2, 0.25) is 5.02 Å². The monoisotopic (exact) mass is 320 g/mol. The molecule has 1 N–H and O–H groups in total. The highest BCUT2D eigenvalue weighted by Crippen LogP contribution is 2.30. The molecule has 1 aliphatic rings. The van der Waals surface area contributed by atoms with E-state index in [0.717, 1.165) is 17.8 Å². The number of hydrogen-bond donors (Lipinski definition) is 1. The standard InChI is InChI=1S/C15H17ClN4O2/c16-13-4-3-12(14(5-13)20-10-17-9-18-20)7-19(8-15(21)22)6-11-1-2-11/h3-5,9-11H,1-2,6-8H2,(H,21,22). The van der Waals surface area contributed by atoms with Gasteiger partial charge >= 0.3 is 5.97 Å². The molecule has 0 saturated heterocycles.